The van der Waals surface area contributed by atoms with Crippen LogP contribution in [0.15, 0.2) is 58.5 Å². The fraction of sp³-hybridized carbons (Fsp3) is 0.167. The molecular formula is C18H17N3O4S. The Morgan fingerprint density at radius 1 is 1.27 bits per heavy atom. The fourth-order valence-corrected chi connectivity index (χ4v) is 3.66. The molecule has 0 aliphatic carbocycles. The molecule has 0 fully saturated rings. The average Bonchev–Trinajstić information content (AvgIpc) is 2.98. The van der Waals surface area contributed by atoms with Gasteiger partial charge in [0.1, 0.15) is 6.04 Å². The summed E-state index contributed by atoms with van der Waals surface area (Å²) in [5, 5.41) is 12.6. The fourth-order valence-electron chi connectivity index (χ4n) is 2.67. The number of nitrogens with two attached hydrogens (primary N) is 1. The Labute approximate surface area is 153 Å². The molecule has 3 N–H and O–H groups in total. The smallest absolute Gasteiger partial charge is 0.322 e. The molecule has 0 saturated carbocycles. The van der Waals surface area contributed by atoms with Crippen LogP contribution in [-0.2, 0) is 16.0 Å². The van der Waals surface area contributed by atoms with Crippen molar-refractivity contribution in [3.63, 3.8) is 0 Å². The predicted molar refractivity (Wildman–Crippen MR) is 99.2 cm³/mol. The van der Waals surface area contributed by atoms with Crippen molar-refractivity contribution in [2.24, 2.45) is 5.73 Å². The molecule has 0 amide bonds. The van der Waals surface area contributed by atoms with Gasteiger partial charge in [-0.15, -0.1) is 0 Å². The summed E-state index contributed by atoms with van der Waals surface area (Å²) >= 11 is 1.44. The standard InChI is InChI=1S/C18H17N3O4S/c1-25-18(22)15(19)10-14-13-4-2-3-5-16(13)20-17(14)26-12-8-6-11(7-9-12)21(23)24/h2-9,15,20H,10,19H2,1H3/t15-/m0/s1. The van der Waals surface area contributed by atoms with Crippen LogP contribution in [0, 0.1) is 10.1 Å². The number of benzene rings is 2. The van der Waals surface area contributed by atoms with E-state index in [1.165, 1.54) is 31.0 Å². The topological polar surface area (TPSA) is 111 Å². The van der Waals surface area contributed by atoms with Gasteiger partial charge in [0.15, 0.2) is 0 Å². The minimum atomic E-state index is -0.768. The van der Waals surface area contributed by atoms with Crippen molar-refractivity contribution in [1.82, 2.24) is 4.98 Å². The van der Waals surface area contributed by atoms with Crippen molar-refractivity contribution >= 4 is 34.3 Å². The number of nitro benzene ring substituents is 1. The predicted octanol–water partition coefficient (Wildman–Crippen LogP) is 3.27. The van der Waals surface area contributed by atoms with Crippen LogP contribution in [0.2, 0.25) is 0 Å². The molecule has 1 aromatic heterocycles. The molecule has 0 spiro atoms. The van der Waals surface area contributed by atoms with Gasteiger partial charge in [-0.05, 0) is 23.8 Å². The van der Waals surface area contributed by atoms with Crippen LogP contribution in [0.4, 0.5) is 5.69 Å². The van der Waals surface area contributed by atoms with E-state index in [4.69, 9.17) is 10.5 Å². The van der Waals surface area contributed by atoms with Gasteiger partial charge in [-0.25, -0.2) is 0 Å². The molecule has 8 heteroatoms. The van der Waals surface area contributed by atoms with E-state index < -0.39 is 16.9 Å². The van der Waals surface area contributed by atoms with Crippen molar-refractivity contribution in [3.8, 4) is 0 Å². The Morgan fingerprint density at radius 3 is 2.62 bits per heavy atom. The summed E-state index contributed by atoms with van der Waals surface area (Å²) in [4.78, 5) is 26.3. The van der Waals surface area contributed by atoms with Crippen LogP contribution in [0.5, 0.6) is 0 Å². The summed E-state index contributed by atoms with van der Waals surface area (Å²) in [6.45, 7) is 0. The number of esters is 1. The van der Waals surface area contributed by atoms with E-state index in [1.807, 2.05) is 24.3 Å². The zero-order valence-electron chi connectivity index (χ0n) is 14.0. The van der Waals surface area contributed by atoms with Gasteiger partial charge < -0.3 is 15.5 Å². The number of nitrogens with one attached hydrogen (secondary N) is 1. The summed E-state index contributed by atoms with van der Waals surface area (Å²) in [7, 11) is 1.31. The third kappa shape index (κ3) is 3.71. The van der Waals surface area contributed by atoms with E-state index in [0.717, 1.165) is 26.4 Å². The average molecular weight is 371 g/mol. The van der Waals surface area contributed by atoms with Gasteiger partial charge in [0, 0.05) is 34.4 Å². The third-order valence-electron chi connectivity index (χ3n) is 3.97. The van der Waals surface area contributed by atoms with Gasteiger partial charge in [-0.3, -0.25) is 14.9 Å². The highest BCUT2D eigenvalue weighted by Crippen LogP contribution is 2.35. The summed E-state index contributed by atoms with van der Waals surface area (Å²) in [6, 6.07) is 13.3. The zero-order valence-corrected chi connectivity index (χ0v) is 14.8. The lowest BCUT2D eigenvalue weighted by atomic mass is 10.1. The summed E-state index contributed by atoms with van der Waals surface area (Å²) in [6.07, 6.45) is 0.325. The molecule has 1 heterocycles. The summed E-state index contributed by atoms with van der Waals surface area (Å²) in [5.74, 6) is -0.471. The van der Waals surface area contributed by atoms with Gasteiger partial charge in [-0.2, -0.15) is 0 Å². The molecule has 0 aliphatic rings. The molecule has 1 atom stereocenters. The number of aromatic amines is 1. The molecule has 134 valence electrons. The van der Waals surface area contributed by atoms with Crippen molar-refractivity contribution in [1.29, 1.82) is 0 Å². The Kier molecular flexibility index (Phi) is 5.24. The lowest BCUT2D eigenvalue weighted by molar-refractivity contribution is -0.384. The summed E-state index contributed by atoms with van der Waals surface area (Å²) in [5.41, 5.74) is 7.85. The van der Waals surface area contributed by atoms with Gasteiger partial charge >= 0.3 is 5.97 Å². The molecule has 0 bridgehead atoms. The lowest BCUT2D eigenvalue weighted by Crippen LogP contribution is -2.33. The second-order valence-electron chi connectivity index (χ2n) is 5.67. The van der Waals surface area contributed by atoms with Crippen molar-refractivity contribution < 1.29 is 14.5 Å². The molecular weight excluding hydrogens is 354 g/mol. The zero-order chi connectivity index (χ0) is 18.7. The second kappa shape index (κ2) is 7.59. The molecule has 0 saturated heterocycles. The highest BCUT2D eigenvalue weighted by Gasteiger charge is 2.20. The molecule has 26 heavy (non-hydrogen) atoms. The van der Waals surface area contributed by atoms with E-state index >= 15 is 0 Å². The van der Waals surface area contributed by atoms with Gasteiger partial charge in [-0.1, -0.05) is 30.0 Å². The molecule has 0 unspecified atom stereocenters. The Balaban J connectivity index is 1.95. The van der Waals surface area contributed by atoms with E-state index in [1.54, 1.807) is 12.1 Å². The first-order chi connectivity index (χ1) is 12.5. The van der Waals surface area contributed by atoms with Crippen LogP contribution in [0.3, 0.4) is 0 Å². The van der Waals surface area contributed by atoms with E-state index in [0.29, 0.717) is 6.42 Å². The van der Waals surface area contributed by atoms with E-state index in [9.17, 15) is 14.9 Å². The molecule has 3 aromatic rings. The SMILES string of the molecule is COC(=O)[C@@H](N)Cc1c(Sc2ccc([N+](=O)[O-])cc2)[nH]c2ccccc12. The summed E-state index contributed by atoms with van der Waals surface area (Å²) < 4.78 is 4.72. The number of para-hydroxylation sites is 1. The van der Waals surface area contributed by atoms with Gasteiger partial charge in [0.05, 0.1) is 17.1 Å². The first-order valence-corrected chi connectivity index (χ1v) is 8.66. The van der Waals surface area contributed by atoms with Crippen LogP contribution in [0.1, 0.15) is 5.56 Å². The minimum absolute atomic E-state index is 0.0407. The lowest BCUT2D eigenvalue weighted by Gasteiger charge is -2.10. The molecule has 2 aromatic carbocycles. The highest BCUT2D eigenvalue weighted by atomic mass is 32.2. The van der Waals surface area contributed by atoms with Crippen LogP contribution in [-0.4, -0.2) is 29.0 Å². The first-order valence-electron chi connectivity index (χ1n) is 7.85. The van der Waals surface area contributed by atoms with Gasteiger partial charge in [0.25, 0.3) is 5.69 Å². The quantitative estimate of drug-likeness (QED) is 0.391. The maximum atomic E-state index is 11.7. The van der Waals surface area contributed by atoms with Crippen molar-refractivity contribution in [2.75, 3.05) is 7.11 Å². The highest BCUT2D eigenvalue weighted by molar-refractivity contribution is 7.99. The monoisotopic (exact) mass is 371 g/mol. The number of fused-ring (bicyclic) bond motifs is 1. The first kappa shape index (κ1) is 18.0. The maximum absolute atomic E-state index is 11.7. The Hall–Kier alpha value is -2.84. The van der Waals surface area contributed by atoms with Crippen LogP contribution >= 0.6 is 11.8 Å². The minimum Gasteiger partial charge on any atom is -0.468 e. The number of non-ortho nitro benzene ring substituents is 1. The van der Waals surface area contributed by atoms with Crippen molar-refractivity contribution in [2.45, 2.75) is 22.4 Å². The number of rotatable bonds is 6. The number of ether oxygens (including phenoxy) is 1. The number of carbonyl (C=O) groups excluding carboxylic acids is 1. The molecule has 0 aliphatic heterocycles. The van der Waals surface area contributed by atoms with Crippen LogP contribution in [0.25, 0.3) is 10.9 Å². The number of hydrogen-bond donors (Lipinski definition) is 2. The Morgan fingerprint density at radius 2 is 1.96 bits per heavy atom. The number of nitrogens with zero attached hydrogens (tertiary/aromatic N) is 1. The number of aromatic nitrogens is 1. The second-order valence-corrected chi connectivity index (χ2v) is 6.75. The normalized spacial score (nSPS) is 12.1. The molecule has 3 rings (SSSR count). The van der Waals surface area contributed by atoms with Gasteiger partial charge in [0.2, 0.25) is 0 Å². The maximum Gasteiger partial charge on any atom is 0.322 e. The number of H-pyrrole nitrogens is 1. The molecule has 7 nitrogen and oxygen atoms in total. The number of carbonyl (C=O) groups is 1. The Bertz CT molecular complexity index is 953. The number of nitro groups is 1. The number of hydrogen-bond acceptors (Lipinski definition) is 6. The largest absolute Gasteiger partial charge is 0.468 e. The van der Waals surface area contributed by atoms with Crippen LogP contribution < -0.4 is 5.73 Å². The van der Waals surface area contributed by atoms with E-state index in [2.05, 4.69) is 4.98 Å². The molecule has 0 radical (unpaired) electrons. The third-order valence-corrected chi connectivity index (χ3v) is 5.03. The van der Waals surface area contributed by atoms with E-state index in [-0.39, 0.29) is 5.69 Å². The number of methoxy groups -OCH3 is 1. The van der Waals surface area contributed by atoms with Crippen molar-refractivity contribution in [3.05, 3.63) is 64.2 Å².